The van der Waals surface area contributed by atoms with E-state index < -0.39 is 0 Å². The Balaban J connectivity index is 0.00000115. The van der Waals surface area contributed by atoms with Gasteiger partial charge in [-0.25, -0.2) is 4.98 Å². The summed E-state index contributed by atoms with van der Waals surface area (Å²) in [6.45, 7) is 29.0. The number of imidazole rings is 1. The molecular weight excluding hydrogens is 448 g/mol. The van der Waals surface area contributed by atoms with Crippen LogP contribution in [0.5, 0.6) is 0 Å². The zero-order valence-corrected chi connectivity index (χ0v) is 26.1. The van der Waals surface area contributed by atoms with Gasteiger partial charge in [-0.3, -0.25) is 4.57 Å². The summed E-state index contributed by atoms with van der Waals surface area (Å²) in [6, 6.07) is 13.9. The summed E-state index contributed by atoms with van der Waals surface area (Å²) in [7, 11) is 0. The molecule has 0 bridgehead atoms. The largest absolute Gasteiger partial charge is 0.299 e. The van der Waals surface area contributed by atoms with Crippen molar-refractivity contribution in [2.45, 2.75) is 120 Å². The average molecular weight is 503 g/mol. The van der Waals surface area contributed by atoms with E-state index in [1.807, 2.05) is 33.9 Å². The first-order valence-electron chi connectivity index (χ1n) is 15.0. The molecule has 37 heavy (non-hydrogen) atoms. The van der Waals surface area contributed by atoms with E-state index in [1.165, 1.54) is 39.9 Å². The van der Waals surface area contributed by atoms with Gasteiger partial charge in [0, 0.05) is 23.4 Å². The lowest BCUT2D eigenvalue weighted by Gasteiger charge is -2.26. The van der Waals surface area contributed by atoms with Gasteiger partial charge in [0.1, 0.15) is 5.82 Å². The molecule has 1 heterocycles. The van der Waals surface area contributed by atoms with E-state index in [4.69, 9.17) is 4.98 Å². The molecule has 4 rings (SSSR count). The predicted molar refractivity (Wildman–Crippen MR) is 164 cm³/mol. The first kappa shape index (κ1) is 30.9. The van der Waals surface area contributed by atoms with Crippen LogP contribution in [0.1, 0.15) is 136 Å². The number of nitrogens with zero attached hydrogens (tertiary/aromatic N) is 2. The Labute approximate surface area is 228 Å². The van der Waals surface area contributed by atoms with Crippen molar-refractivity contribution in [3.05, 3.63) is 71.0 Å². The minimum absolute atomic E-state index is 0.261. The van der Waals surface area contributed by atoms with Gasteiger partial charge >= 0.3 is 0 Å². The molecule has 0 N–H and O–H groups in total. The molecule has 2 unspecified atom stereocenters. The topological polar surface area (TPSA) is 17.8 Å². The third-order valence-corrected chi connectivity index (χ3v) is 8.50. The predicted octanol–water partition coefficient (Wildman–Crippen LogP) is 10.9. The zero-order chi connectivity index (χ0) is 28.1. The molecule has 0 amide bonds. The Kier molecular flexibility index (Phi) is 10.8. The first-order valence-corrected chi connectivity index (χ1v) is 15.0. The van der Waals surface area contributed by atoms with Crippen LogP contribution in [0.3, 0.4) is 0 Å². The van der Waals surface area contributed by atoms with Crippen molar-refractivity contribution in [1.29, 1.82) is 0 Å². The smallest absolute Gasteiger partial charge is 0.144 e. The Morgan fingerprint density at radius 2 is 1.32 bits per heavy atom. The van der Waals surface area contributed by atoms with E-state index in [2.05, 4.69) is 109 Å². The summed E-state index contributed by atoms with van der Waals surface area (Å²) in [4.78, 5) is 4.97. The summed E-state index contributed by atoms with van der Waals surface area (Å²) < 4.78 is 2.38. The minimum Gasteiger partial charge on any atom is -0.299 e. The van der Waals surface area contributed by atoms with Crippen LogP contribution in [0.15, 0.2) is 48.8 Å². The molecule has 0 aliphatic heterocycles. The zero-order valence-electron chi connectivity index (χ0n) is 26.1. The van der Waals surface area contributed by atoms with Crippen LogP contribution in [-0.2, 0) is 5.41 Å². The fourth-order valence-electron chi connectivity index (χ4n) is 6.15. The van der Waals surface area contributed by atoms with Gasteiger partial charge in [0.25, 0.3) is 0 Å². The molecule has 1 aliphatic rings. The number of hydrogen-bond donors (Lipinski definition) is 0. The van der Waals surface area contributed by atoms with Gasteiger partial charge in [0.15, 0.2) is 0 Å². The van der Waals surface area contributed by atoms with Gasteiger partial charge in [-0.15, -0.1) is 0 Å². The van der Waals surface area contributed by atoms with Crippen LogP contribution in [-0.4, -0.2) is 9.55 Å². The Hall–Kier alpha value is -2.35. The lowest BCUT2D eigenvalue weighted by Crippen LogP contribution is -2.14. The van der Waals surface area contributed by atoms with Crippen LogP contribution >= 0.6 is 0 Å². The molecule has 1 aromatic heterocycles. The third kappa shape index (κ3) is 5.59. The van der Waals surface area contributed by atoms with Crippen LogP contribution in [0.25, 0.3) is 17.1 Å². The second-order valence-electron chi connectivity index (χ2n) is 11.1. The summed E-state index contributed by atoms with van der Waals surface area (Å²) >= 11 is 0. The van der Waals surface area contributed by atoms with E-state index in [1.54, 1.807) is 0 Å². The highest BCUT2D eigenvalue weighted by Crippen LogP contribution is 2.63. The average Bonchev–Trinajstić information content (AvgIpc) is 3.22. The second kappa shape index (κ2) is 12.9. The number of hydrogen-bond acceptors (Lipinski definition) is 1. The minimum atomic E-state index is 0.261. The van der Waals surface area contributed by atoms with Gasteiger partial charge in [0.2, 0.25) is 0 Å². The van der Waals surface area contributed by atoms with Crippen molar-refractivity contribution in [3.63, 3.8) is 0 Å². The molecule has 1 fully saturated rings. The summed E-state index contributed by atoms with van der Waals surface area (Å²) in [6.07, 6.45) is 5.33. The molecule has 2 aromatic carbocycles. The monoisotopic (exact) mass is 502 g/mol. The van der Waals surface area contributed by atoms with Crippen LogP contribution in [0.4, 0.5) is 0 Å². The molecule has 0 spiro atoms. The van der Waals surface area contributed by atoms with Gasteiger partial charge in [0.05, 0.1) is 5.69 Å². The van der Waals surface area contributed by atoms with Crippen molar-refractivity contribution in [2.24, 2.45) is 11.8 Å². The Morgan fingerprint density at radius 3 is 1.76 bits per heavy atom. The lowest BCUT2D eigenvalue weighted by molar-refractivity contribution is 0.585. The van der Waals surface area contributed by atoms with E-state index in [-0.39, 0.29) is 5.41 Å². The fraction of sp³-hybridized carbons (Fsp3) is 0.571. The van der Waals surface area contributed by atoms with Crippen LogP contribution < -0.4 is 0 Å². The number of aromatic nitrogens is 2. The molecule has 2 nitrogen and oxygen atoms in total. The summed E-state index contributed by atoms with van der Waals surface area (Å²) in [5, 5.41) is 0. The normalized spacial score (nSPS) is 20.4. The van der Waals surface area contributed by atoms with Gasteiger partial charge in [-0.1, -0.05) is 126 Å². The number of rotatable bonds is 7. The number of benzene rings is 2. The maximum Gasteiger partial charge on any atom is 0.144 e. The quantitative estimate of drug-likeness (QED) is 0.314. The highest BCUT2D eigenvalue weighted by Gasteiger charge is 2.59. The summed E-state index contributed by atoms with van der Waals surface area (Å²) in [5.41, 5.74) is 8.61. The van der Waals surface area contributed by atoms with Crippen LogP contribution in [0.2, 0.25) is 0 Å². The molecule has 1 saturated carbocycles. The second-order valence-corrected chi connectivity index (χ2v) is 11.1. The Bertz CT molecular complexity index is 1090. The standard InChI is InChI=1S/C31H42N2.2C2H6/c1-10-31(22(8)23(31)9)28-14-12-11-13-25(28)30-32-15-16-33(30)29-26(20(4)5)17-24(19(2)3)18-27(29)21(6)7;2*1-2/h11-23H,10H2,1-9H3;2*1-2H3. The molecule has 204 valence electrons. The van der Waals surface area contributed by atoms with Crippen molar-refractivity contribution < 1.29 is 0 Å². The summed E-state index contributed by atoms with van der Waals surface area (Å²) in [5.74, 6) is 3.87. The SMILES string of the molecule is CC.CC.CCC1(c2ccccc2-c2nccn2-c2c(C(C)C)cc(C(C)C)cc2C(C)C)C(C)C1C. The van der Waals surface area contributed by atoms with E-state index in [0.29, 0.717) is 29.6 Å². The fourth-order valence-corrected chi connectivity index (χ4v) is 6.15. The molecule has 0 saturated heterocycles. The van der Waals surface area contributed by atoms with Crippen molar-refractivity contribution >= 4 is 0 Å². The van der Waals surface area contributed by atoms with E-state index in [9.17, 15) is 0 Å². The Morgan fingerprint density at radius 1 is 0.811 bits per heavy atom. The van der Waals surface area contributed by atoms with Crippen molar-refractivity contribution in [1.82, 2.24) is 9.55 Å². The first-order chi connectivity index (χ1) is 17.6. The van der Waals surface area contributed by atoms with Crippen LogP contribution in [0, 0.1) is 11.8 Å². The lowest BCUT2D eigenvalue weighted by atomic mass is 9.85. The molecule has 1 aliphatic carbocycles. The molecule has 3 aromatic rings. The van der Waals surface area contributed by atoms with Crippen molar-refractivity contribution in [2.75, 3.05) is 0 Å². The highest BCUT2D eigenvalue weighted by molar-refractivity contribution is 5.68. The van der Waals surface area contributed by atoms with E-state index >= 15 is 0 Å². The third-order valence-electron chi connectivity index (χ3n) is 8.50. The van der Waals surface area contributed by atoms with Gasteiger partial charge in [-0.05, 0) is 58.3 Å². The maximum absolute atomic E-state index is 4.97. The maximum atomic E-state index is 4.97. The van der Waals surface area contributed by atoms with Crippen molar-refractivity contribution in [3.8, 4) is 17.1 Å². The molecule has 0 radical (unpaired) electrons. The molecule has 2 heteroatoms. The molecule has 2 atom stereocenters. The van der Waals surface area contributed by atoms with Gasteiger partial charge in [-0.2, -0.15) is 0 Å². The van der Waals surface area contributed by atoms with Gasteiger partial charge < -0.3 is 0 Å². The molecular formula is C35H54N2. The highest BCUT2D eigenvalue weighted by atomic mass is 15.1. The van der Waals surface area contributed by atoms with E-state index in [0.717, 1.165) is 5.82 Å².